The predicted octanol–water partition coefficient (Wildman–Crippen LogP) is 2.77. The Morgan fingerprint density at radius 1 is 1.15 bits per heavy atom. The molecule has 8 nitrogen and oxygen atoms in total. The average molecular weight is 365 g/mol. The summed E-state index contributed by atoms with van der Waals surface area (Å²) in [6.07, 6.45) is 6.00. The summed E-state index contributed by atoms with van der Waals surface area (Å²) in [6, 6.07) is 9.42. The smallest absolute Gasteiger partial charge is 0.319 e. The van der Waals surface area contributed by atoms with Gasteiger partial charge >= 0.3 is 6.03 Å². The number of imidazole rings is 1. The van der Waals surface area contributed by atoms with E-state index in [1.54, 1.807) is 6.20 Å². The lowest BCUT2D eigenvalue weighted by molar-refractivity contribution is 0.252. The quantitative estimate of drug-likeness (QED) is 0.560. The minimum absolute atomic E-state index is 0.234. The summed E-state index contributed by atoms with van der Waals surface area (Å²) in [5.41, 5.74) is 1.97. The van der Waals surface area contributed by atoms with Gasteiger partial charge in [-0.1, -0.05) is 19.1 Å². The summed E-state index contributed by atoms with van der Waals surface area (Å²) in [5, 5.41) is 8.83. The van der Waals surface area contributed by atoms with Gasteiger partial charge in [-0.2, -0.15) is 0 Å². The minimum Gasteiger partial charge on any atom is -0.368 e. The van der Waals surface area contributed by atoms with Gasteiger partial charge in [0.1, 0.15) is 23.8 Å². The zero-order valence-corrected chi connectivity index (χ0v) is 15.4. The molecule has 0 saturated carbocycles. The maximum absolute atomic E-state index is 12.0. The van der Waals surface area contributed by atoms with Crippen molar-refractivity contribution < 1.29 is 4.79 Å². The van der Waals surface area contributed by atoms with Gasteiger partial charge in [0.2, 0.25) is 0 Å². The maximum atomic E-state index is 12.0. The molecule has 0 radical (unpaired) electrons. The third kappa shape index (κ3) is 5.04. The van der Waals surface area contributed by atoms with Crippen LogP contribution < -0.4 is 16.0 Å². The SMILES string of the molecule is CCc1cccc(NC(=O)NCCNc2cc(-n3ccnc3C)ncn2)c1. The van der Waals surface area contributed by atoms with Gasteiger partial charge in [0.05, 0.1) is 0 Å². The molecule has 0 atom stereocenters. The highest BCUT2D eigenvalue weighted by atomic mass is 16.2. The number of nitrogens with zero attached hydrogens (tertiary/aromatic N) is 4. The Morgan fingerprint density at radius 2 is 2.04 bits per heavy atom. The highest BCUT2D eigenvalue weighted by molar-refractivity contribution is 5.89. The second-order valence-corrected chi connectivity index (χ2v) is 5.97. The van der Waals surface area contributed by atoms with Crippen molar-refractivity contribution in [3.05, 3.63) is 60.4 Å². The summed E-state index contributed by atoms with van der Waals surface area (Å²) in [6.45, 7) is 5.00. The Bertz CT molecular complexity index is 906. The van der Waals surface area contributed by atoms with E-state index in [4.69, 9.17) is 0 Å². The van der Waals surface area contributed by atoms with Crippen LogP contribution in [0.5, 0.6) is 0 Å². The van der Waals surface area contributed by atoms with Crippen LogP contribution in [-0.4, -0.2) is 38.6 Å². The van der Waals surface area contributed by atoms with E-state index < -0.39 is 0 Å². The standard InChI is InChI=1S/C19H23N7O/c1-3-15-5-4-6-16(11-15)25-19(27)22-8-7-21-17-12-18(24-13-23-17)26-10-9-20-14(26)2/h4-6,9-13H,3,7-8H2,1-2H3,(H,21,23,24)(H2,22,25,27). The molecule has 2 amide bonds. The van der Waals surface area contributed by atoms with Crippen molar-refractivity contribution in [3.8, 4) is 5.82 Å². The molecule has 0 bridgehead atoms. The van der Waals surface area contributed by atoms with E-state index in [0.717, 1.165) is 23.8 Å². The minimum atomic E-state index is -0.234. The summed E-state index contributed by atoms with van der Waals surface area (Å²) in [7, 11) is 0. The molecule has 3 N–H and O–H groups in total. The van der Waals surface area contributed by atoms with Crippen LogP contribution in [0.1, 0.15) is 18.3 Å². The number of carbonyl (C=O) groups excluding carboxylic acids is 1. The van der Waals surface area contributed by atoms with E-state index in [1.165, 1.54) is 11.9 Å². The van der Waals surface area contributed by atoms with Gasteiger partial charge in [-0.15, -0.1) is 0 Å². The van der Waals surface area contributed by atoms with E-state index in [9.17, 15) is 4.79 Å². The number of hydrogen-bond acceptors (Lipinski definition) is 5. The van der Waals surface area contributed by atoms with Gasteiger partial charge in [0, 0.05) is 37.2 Å². The second-order valence-electron chi connectivity index (χ2n) is 5.97. The van der Waals surface area contributed by atoms with Crippen LogP contribution in [0.4, 0.5) is 16.3 Å². The lowest BCUT2D eigenvalue weighted by Gasteiger charge is -2.10. The number of carbonyl (C=O) groups is 1. The lowest BCUT2D eigenvalue weighted by Crippen LogP contribution is -2.32. The van der Waals surface area contributed by atoms with Crippen molar-refractivity contribution in [1.29, 1.82) is 0 Å². The van der Waals surface area contributed by atoms with Gasteiger partial charge in [0.25, 0.3) is 0 Å². The number of benzene rings is 1. The Balaban J connectivity index is 1.46. The second kappa shape index (κ2) is 8.79. The summed E-state index contributed by atoms with van der Waals surface area (Å²) in [5.74, 6) is 2.28. The molecule has 2 heterocycles. The van der Waals surface area contributed by atoms with Crippen molar-refractivity contribution in [1.82, 2.24) is 24.8 Å². The molecular formula is C19H23N7O. The van der Waals surface area contributed by atoms with E-state index in [2.05, 4.69) is 37.8 Å². The third-order valence-electron chi connectivity index (χ3n) is 4.03. The monoisotopic (exact) mass is 365 g/mol. The number of aromatic nitrogens is 4. The lowest BCUT2D eigenvalue weighted by atomic mass is 10.1. The first-order valence-electron chi connectivity index (χ1n) is 8.85. The molecule has 1 aromatic carbocycles. The topological polar surface area (TPSA) is 96.8 Å². The van der Waals surface area contributed by atoms with Crippen molar-refractivity contribution >= 4 is 17.5 Å². The van der Waals surface area contributed by atoms with Gasteiger partial charge in [0.15, 0.2) is 0 Å². The van der Waals surface area contributed by atoms with Crippen molar-refractivity contribution in [2.24, 2.45) is 0 Å². The fraction of sp³-hybridized carbons (Fsp3) is 0.263. The molecule has 0 saturated heterocycles. The highest BCUT2D eigenvalue weighted by Gasteiger charge is 2.05. The number of aryl methyl sites for hydroxylation is 2. The molecule has 0 aliphatic rings. The Morgan fingerprint density at radius 3 is 2.81 bits per heavy atom. The van der Waals surface area contributed by atoms with E-state index >= 15 is 0 Å². The van der Waals surface area contributed by atoms with E-state index in [0.29, 0.717) is 18.9 Å². The van der Waals surface area contributed by atoms with Crippen molar-refractivity contribution in [2.45, 2.75) is 20.3 Å². The predicted molar refractivity (Wildman–Crippen MR) is 105 cm³/mol. The first-order valence-corrected chi connectivity index (χ1v) is 8.85. The highest BCUT2D eigenvalue weighted by Crippen LogP contribution is 2.11. The number of urea groups is 1. The molecule has 140 valence electrons. The third-order valence-corrected chi connectivity index (χ3v) is 4.03. The van der Waals surface area contributed by atoms with Crippen LogP contribution in [-0.2, 0) is 6.42 Å². The molecule has 0 aliphatic carbocycles. The molecule has 0 unspecified atom stereocenters. The molecule has 3 rings (SSSR count). The number of nitrogens with one attached hydrogen (secondary N) is 3. The molecule has 0 aliphatic heterocycles. The van der Waals surface area contributed by atoms with Crippen LogP contribution in [0.15, 0.2) is 49.1 Å². The Kier molecular flexibility index (Phi) is 5.98. The zero-order valence-electron chi connectivity index (χ0n) is 15.4. The van der Waals surface area contributed by atoms with Crippen LogP contribution in [0.2, 0.25) is 0 Å². The molecule has 3 aromatic rings. The van der Waals surface area contributed by atoms with E-state index in [1.807, 2.05) is 48.0 Å². The molecule has 0 spiro atoms. The first-order chi connectivity index (χ1) is 13.2. The molecule has 2 aromatic heterocycles. The molecule has 27 heavy (non-hydrogen) atoms. The van der Waals surface area contributed by atoms with Gasteiger partial charge in [-0.25, -0.2) is 19.7 Å². The maximum Gasteiger partial charge on any atom is 0.319 e. The normalized spacial score (nSPS) is 10.4. The fourth-order valence-electron chi connectivity index (χ4n) is 2.61. The fourth-order valence-corrected chi connectivity index (χ4v) is 2.61. The Labute approximate surface area is 158 Å². The van der Waals surface area contributed by atoms with Gasteiger partial charge in [-0.3, -0.25) is 4.57 Å². The summed E-state index contributed by atoms with van der Waals surface area (Å²) >= 11 is 0. The van der Waals surface area contributed by atoms with E-state index in [-0.39, 0.29) is 6.03 Å². The van der Waals surface area contributed by atoms with Crippen molar-refractivity contribution in [2.75, 3.05) is 23.7 Å². The van der Waals surface area contributed by atoms with Crippen LogP contribution in [0.25, 0.3) is 5.82 Å². The number of rotatable bonds is 7. The summed E-state index contributed by atoms with van der Waals surface area (Å²) in [4.78, 5) is 24.6. The van der Waals surface area contributed by atoms with Crippen LogP contribution in [0, 0.1) is 6.92 Å². The van der Waals surface area contributed by atoms with Gasteiger partial charge in [-0.05, 0) is 31.0 Å². The Hall–Kier alpha value is -3.42. The largest absolute Gasteiger partial charge is 0.368 e. The zero-order chi connectivity index (χ0) is 19.1. The van der Waals surface area contributed by atoms with Crippen molar-refractivity contribution in [3.63, 3.8) is 0 Å². The molecule has 0 fully saturated rings. The number of anilines is 2. The average Bonchev–Trinajstić information content (AvgIpc) is 3.11. The van der Waals surface area contributed by atoms with Crippen LogP contribution >= 0.6 is 0 Å². The first kappa shape index (κ1) is 18.4. The van der Waals surface area contributed by atoms with Crippen LogP contribution in [0.3, 0.4) is 0 Å². The number of hydrogen-bond donors (Lipinski definition) is 3. The van der Waals surface area contributed by atoms with Gasteiger partial charge < -0.3 is 16.0 Å². The summed E-state index contributed by atoms with van der Waals surface area (Å²) < 4.78 is 1.88. The molecule has 8 heteroatoms. The molecular weight excluding hydrogens is 342 g/mol. The number of amides is 2.